The fourth-order valence-corrected chi connectivity index (χ4v) is 2.68. The Kier molecular flexibility index (Phi) is 5.18. The Balaban J connectivity index is 1.54. The largest absolute Gasteiger partial charge is 0.506 e. The third-order valence-corrected chi connectivity index (χ3v) is 3.97. The number of para-hydroxylation sites is 1. The summed E-state index contributed by atoms with van der Waals surface area (Å²) in [4.78, 5) is 19.0. The first-order valence-electron chi connectivity index (χ1n) is 8.10. The smallest absolute Gasteiger partial charge is 0.172 e. The Morgan fingerprint density at radius 3 is 2.88 bits per heavy atom. The molecule has 0 bridgehead atoms. The molecule has 3 aromatic rings. The van der Waals surface area contributed by atoms with Crippen LogP contribution in [-0.2, 0) is 6.42 Å². The quantitative estimate of drug-likeness (QED) is 0.507. The summed E-state index contributed by atoms with van der Waals surface area (Å²) in [6, 6.07) is 9.95. The van der Waals surface area contributed by atoms with E-state index < -0.39 is 0 Å². The number of benzene rings is 1. The lowest BCUT2D eigenvalue weighted by Gasteiger charge is -2.09. The van der Waals surface area contributed by atoms with Crippen LogP contribution < -0.4 is 5.32 Å². The molecule has 0 saturated heterocycles. The fourth-order valence-electron chi connectivity index (χ4n) is 2.68. The number of rotatable bonds is 7. The number of aryl methyl sites for hydroxylation is 1. The predicted octanol–water partition coefficient (Wildman–Crippen LogP) is 3.72. The lowest BCUT2D eigenvalue weighted by molar-refractivity contribution is 0.111. The second-order valence-electron chi connectivity index (χ2n) is 5.70. The van der Waals surface area contributed by atoms with Gasteiger partial charge in [-0.15, -0.1) is 0 Å². The first kappa shape index (κ1) is 16.8. The lowest BCUT2D eigenvalue weighted by Crippen LogP contribution is -2.04. The Hall–Kier alpha value is -3.02. The van der Waals surface area contributed by atoms with Crippen LogP contribution in [0.4, 0.5) is 10.1 Å². The van der Waals surface area contributed by atoms with Crippen LogP contribution in [0.1, 0.15) is 29.0 Å². The van der Waals surface area contributed by atoms with Crippen LogP contribution in [0.15, 0.2) is 42.6 Å². The molecular weight excluding hydrogens is 321 g/mol. The highest BCUT2D eigenvalue weighted by atomic mass is 19.1. The van der Waals surface area contributed by atoms with Crippen molar-refractivity contribution < 1.29 is 14.3 Å². The highest BCUT2D eigenvalue weighted by Crippen LogP contribution is 2.23. The molecule has 0 radical (unpaired) electrons. The first-order valence-corrected chi connectivity index (χ1v) is 8.10. The normalized spacial score (nSPS) is 10.8. The zero-order chi connectivity index (χ0) is 17.6. The van der Waals surface area contributed by atoms with Gasteiger partial charge in [-0.1, -0.05) is 12.1 Å². The topological polar surface area (TPSA) is 75.1 Å². The van der Waals surface area contributed by atoms with Gasteiger partial charge in [0.1, 0.15) is 22.8 Å². The summed E-state index contributed by atoms with van der Waals surface area (Å²) in [5, 5.41) is 13.5. The van der Waals surface area contributed by atoms with Crippen LogP contribution >= 0.6 is 0 Å². The van der Waals surface area contributed by atoms with E-state index in [0.29, 0.717) is 18.2 Å². The van der Waals surface area contributed by atoms with E-state index in [2.05, 4.69) is 15.3 Å². The van der Waals surface area contributed by atoms with E-state index in [-0.39, 0.29) is 17.3 Å². The molecule has 2 heterocycles. The van der Waals surface area contributed by atoms with Crippen LogP contribution in [0, 0.1) is 5.82 Å². The molecule has 3 rings (SSSR count). The highest BCUT2D eigenvalue weighted by Gasteiger charge is 2.06. The van der Waals surface area contributed by atoms with Crippen LogP contribution in [0.5, 0.6) is 5.75 Å². The van der Waals surface area contributed by atoms with Crippen molar-refractivity contribution in [2.24, 2.45) is 0 Å². The standard InChI is InChI=1S/C19H18FN3O2/c20-15-6-3-5-14-16(9-11-22-19(14)15)21-10-2-1-4-13-7-8-18(25)17(12-24)23-13/h3,5-9,11-12,25H,1-2,4,10H2,(H,21,22). The van der Waals surface area contributed by atoms with Crippen molar-refractivity contribution in [3.05, 3.63) is 59.8 Å². The van der Waals surface area contributed by atoms with Gasteiger partial charge in [-0.05, 0) is 43.5 Å². The molecule has 0 atom stereocenters. The van der Waals surface area contributed by atoms with Crippen molar-refractivity contribution in [3.8, 4) is 5.75 Å². The number of nitrogens with one attached hydrogen (secondary N) is 1. The van der Waals surface area contributed by atoms with Gasteiger partial charge in [-0.25, -0.2) is 9.37 Å². The van der Waals surface area contributed by atoms with Crippen molar-refractivity contribution in [3.63, 3.8) is 0 Å². The number of halogens is 1. The molecular formula is C19H18FN3O2. The van der Waals surface area contributed by atoms with E-state index in [4.69, 9.17) is 0 Å². The molecule has 6 heteroatoms. The van der Waals surface area contributed by atoms with Crippen LogP contribution in [0.3, 0.4) is 0 Å². The molecule has 0 fully saturated rings. The van der Waals surface area contributed by atoms with E-state index in [9.17, 15) is 14.3 Å². The number of aromatic nitrogens is 2. The Morgan fingerprint density at radius 2 is 2.04 bits per heavy atom. The van der Waals surface area contributed by atoms with E-state index >= 15 is 0 Å². The average molecular weight is 339 g/mol. The minimum Gasteiger partial charge on any atom is -0.506 e. The molecule has 2 N–H and O–H groups in total. The van der Waals surface area contributed by atoms with Crippen molar-refractivity contribution in [2.75, 3.05) is 11.9 Å². The Labute approximate surface area is 144 Å². The lowest BCUT2D eigenvalue weighted by atomic mass is 10.1. The second-order valence-corrected chi connectivity index (χ2v) is 5.70. The zero-order valence-corrected chi connectivity index (χ0v) is 13.6. The molecule has 0 unspecified atom stereocenters. The van der Waals surface area contributed by atoms with Gasteiger partial charge >= 0.3 is 0 Å². The van der Waals surface area contributed by atoms with Gasteiger partial charge in [0.25, 0.3) is 0 Å². The molecule has 0 spiro atoms. The number of pyridine rings is 2. The summed E-state index contributed by atoms with van der Waals surface area (Å²) >= 11 is 0. The highest BCUT2D eigenvalue weighted by molar-refractivity contribution is 5.91. The maximum Gasteiger partial charge on any atom is 0.172 e. The summed E-state index contributed by atoms with van der Waals surface area (Å²) in [6.07, 6.45) is 4.62. The number of hydrogen-bond acceptors (Lipinski definition) is 5. The summed E-state index contributed by atoms with van der Waals surface area (Å²) < 4.78 is 13.7. The SMILES string of the molecule is O=Cc1nc(CCCCNc2ccnc3c(F)cccc23)ccc1O. The molecule has 1 aromatic carbocycles. The van der Waals surface area contributed by atoms with E-state index in [0.717, 1.165) is 36.2 Å². The zero-order valence-electron chi connectivity index (χ0n) is 13.6. The van der Waals surface area contributed by atoms with Crippen LogP contribution in [0.25, 0.3) is 10.9 Å². The predicted molar refractivity (Wildman–Crippen MR) is 94.4 cm³/mol. The number of fused-ring (bicyclic) bond motifs is 1. The molecule has 0 amide bonds. The number of aromatic hydroxyl groups is 1. The van der Waals surface area contributed by atoms with E-state index in [1.165, 1.54) is 12.1 Å². The fraction of sp³-hybridized carbons (Fsp3) is 0.211. The molecule has 0 aliphatic heterocycles. The van der Waals surface area contributed by atoms with Gasteiger partial charge in [0, 0.05) is 29.5 Å². The van der Waals surface area contributed by atoms with Gasteiger partial charge in [0.2, 0.25) is 0 Å². The second kappa shape index (κ2) is 7.70. The molecule has 25 heavy (non-hydrogen) atoms. The number of hydrogen-bond donors (Lipinski definition) is 2. The molecule has 5 nitrogen and oxygen atoms in total. The third kappa shape index (κ3) is 3.91. The average Bonchev–Trinajstić information content (AvgIpc) is 2.63. The summed E-state index contributed by atoms with van der Waals surface area (Å²) in [5.74, 6) is -0.428. The van der Waals surface area contributed by atoms with Gasteiger partial charge in [0.15, 0.2) is 6.29 Å². The van der Waals surface area contributed by atoms with Crippen LogP contribution in [0.2, 0.25) is 0 Å². The first-order chi connectivity index (χ1) is 12.2. The van der Waals surface area contributed by atoms with Crippen molar-refractivity contribution in [1.82, 2.24) is 9.97 Å². The monoisotopic (exact) mass is 339 g/mol. The number of anilines is 1. The maximum absolute atomic E-state index is 13.7. The van der Waals surface area contributed by atoms with E-state index in [1.54, 1.807) is 18.3 Å². The van der Waals surface area contributed by atoms with Gasteiger partial charge < -0.3 is 10.4 Å². The third-order valence-electron chi connectivity index (χ3n) is 3.97. The van der Waals surface area contributed by atoms with Crippen molar-refractivity contribution in [1.29, 1.82) is 0 Å². The minimum absolute atomic E-state index is 0.0703. The molecule has 0 aliphatic carbocycles. The van der Waals surface area contributed by atoms with Gasteiger partial charge in [0.05, 0.1) is 0 Å². The molecule has 2 aromatic heterocycles. The number of carbonyl (C=O) groups is 1. The molecule has 0 aliphatic rings. The minimum atomic E-state index is -0.328. The number of nitrogens with zero attached hydrogens (tertiary/aromatic N) is 2. The Bertz CT molecular complexity index is 899. The van der Waals surface area contributed by atoms with Crippen LogP contribution in [-0.4, -0.2) is 27.9 Å². The number of aldehydes is 1. The van der Waals surface area contributed by atoms with Gasteiger partial charge in [-0.3, -0.25) is 9.78 Å². The van der Waals surface area contributed by atoms with Crippen molar-refractivity contribution in [2.45, 2.75) is 19.3 Å². The summed E-state index contributed by atoms with van der Waals surface area (Å²) in [5.41, 5.74) is 2.06. The summed E-state index contributed by atoms with van der Waals surface area (Å²) in [6.45, 7) is 0.730. The maximum atomic E-state index is 13.7. The summed E-state index contributed by atoms with van der Waals surface area (Å²) in [7, 11) is 0. The Morgan fingerprint density at radius 1 is 1.16 bits per heavy atom. The van der Waals surface area contributed by atoms with Gasteiger partial charge in [-0.2, -0.15) is 0 Å². The number of unbranched alkanes of at least 4 members (excludes halogenated alkanes) is 1. The molecule has 0 saturated carbocycles. The molecule has 128 valence electrons. The number of carbonyl (C=O) groups excluding carboxylic acids is 1. The van der Waals surface area contributed by atoms with Crippen molar-refractivity contribution >= 4 is 22.9 Å². The van der Waals surface area contributed by atoms with E-state index in [1.807, 2.05) is 12.1 Å².